The molecule has 238 valence electrons. The van der Waals surface area contributed by atoms with E-state index in [0.29, 0.717) is 38.4 Å². The molecule has 0 fully saturated rings. The van der Waals surface area contributed by atoms with Crippen LogP contribution in [0.25, 0.3) is 0 Å². The van der Waals surface area contributed by atoms with Crippen molar-refractivity contribution in [2.24, 2.45) is 4.99 Å². The molecule has 1 heterocycles. The number of fused-ring (bicyclic) bond motifs is 2. The third-order valence-corrected chi connectivity index (χ3v) is 8.72. The summed E-state index contributed by atoms with van der Waals surface area (Å²) in [4.78, 5) is 43.0. The number of amides is 1. The Morgan fingerprint density at radius 2 is 1.74 bits per heavy atom. The van der Waals surface area contributed by atoms with Gasteiger partial charge in [-0.25, -0.2) is 9.79 Å². The maximum Gasteiger partial charge on any atom is 0.419 e. The number of carbonyl (C=O) groups excluding carboxylic acids is 2. The number of anilines is 1. The number of rotatable bonds is 8. The Kier molecular flexibility index (Phi) is 9.16. The molecule has 14 heteroatoms. The highest BCUT2D eigenvalue weighted by molar-refractivity contribution is 9.10. The molecule has 0 saturated carbocycles. The fourth-order valence-electron chi connectivity index (χ4n) is 5.21. The van der Waals surface area contributed by atoms with E-state index in [-0.39, 0.29) is 45.2 Å². The Morgan fingerprint density at radius 1 is 1.04 bits per heavy atom. The third kappa shape index (κ3) is 6.07. The molecule has 0 bridgehead atoms. The number of hydrogen-bond acceptors (Lipinski definition) is 9. The smallest absolute Gasteiger partial charge is 0.419 e. The first-order chi connectivity index (χ1) is 21.8. The Bertz CT molecular complexity index is 1900. The van der Waals surface area contributed by atoms with Crippen LogP contribution in [0.1, 0.15) is 25.0 Å². The molecule has 5 rings (SSSR count). The molecule has 0 saturated heterocycles. The SMILES string of the molecule is COc1cc(COc2ccc(Br)cc2N(C)C(=O)Oc2ccc3c(c2)C(C)(C)C2=C(Cl)C(=O)C(Cl)=CC2=N3)c([N+](=O)[O-])cc1OC. The van der Waals surface area contributed by atoms with Gasteiger partial charge in [0.15, 0.2) is 11.5 Å². The lowest BCUT2D eigenvalue weighted by molar-refractivity contribution is -0.385. The van der Waals surface area contributed by atoms with Gasteiger partial charge in [0.25, 0.3) is 5.69 Å². The summed E-state index contributed by atoms with van der Waals surface area (Å²) in [5, 5.41) is 11.7. The van der Waals surface area contributed by atoms with Crippen LogP contribution in [-0.4, -0.2) is 43.8 Å². The van der Waals surface area contributed by atoms with Gasteiger partial charge in [-0.3, -0.25) is 19.8 Å². The Morgan fingerprint density at radius 3 is 2.41 bits per heavy atom. The Balaban J connectivity index is 1.41. The largest absolute Gasteiger partial charge is 0.493 e. The molecule has 1 aliphatic heterocycles. The summed E-state index contributed by atoms with van der Waals surface area (Å²) >= 11 is 15.9. The summed E-state index contributed by atoms with van der Waals surface area (Å²) < 4.78 is 22.9. The van der Waals surface area contributed by atoms with Crippen LogP contribution in [0.3, 0.4) is 0 Å². The molecule has 0 atom stereocenters. The molecule has 3 aromatic carbocycles. The minimum absolute atomic E-state index is 0.00960. The number of benzene rings is 3. The minimum atomic E-state index is -0.764. The number of Topliss-reactive ketones (excluding diaryl/α,β-unsaturated/α-hetero) is 1. The van der Waals surface area contributed by atoms with E-state index in [9.17, 15) is 19.7 Å². The molecule has 11 nitrogen and oxygen atoms in total. The van der Waals surface area contributed by atoms with Crippen molar-refractivity contribution in [3.8, 4) is 23.0 Å². The van der Waals surface area contributed by atoms with Crippen molar-refractivity contribution < 1.29 is 33.5 Å². The van der Waals surface area contributed by atoms with E-state index in [0.717, 1.165) is 0 Å². The zero-order valence-electron chi connectivity index (χ0n) is 25.1. The summed E-state index contributed by atoms with van der Waals surface area (Å²) in [5.74, 6) is 0.512. The average molecular weight is 731 g/mol. The number of nitro benzene ring substituents is 1. The number of aliphatic imine (C=N–C) groups is 1. The van der Waals surface area contributed by atoms with Crippen LogP contribution in [-0.2, 0) is 16.8 Å². The second kappa shape index (κ2) is 12.8. The molecule has 46 heavy (non-hydrogen) atoms. The number of nitro groups is 1. The number of nitrogens with zero attached hydrogens (tertiary/aromatic N) is 3. The highest BCUT2D eigenvalue weighted by Gasteiger charge is 2.40. The van der Waals surface area contributed by atoms with Gasteiger partial charge in [-0.05, 0) is 54.1 Å². The fraction of sp³-hybridized carbons (Fsp3) is 0.219. The monoisotopic (exact) mass is 729 g/mol. The van der Waals surface area contributed by atoms with Crippen LogP contribution in [0, 0.1) is 10.1 Å². The van der Waals surface area contributed by atoms with Crippen LogP contribution < -0.4 is 23.8 Å². The first kappa shape index (κ1) is 33.0. The van der Waals surface area contributed by atoms with E-state index in [4.69, 9.17) is 42.1 Å². The number of ether oxygens (including phenoxy) is 4. The maximum absolute atomic E-state index is 13.4. The molecule has 0 aromatic heterocycles. The lowest BCUT2D eigenvalue weighted by atomic mass is 9.71. The van der Waals surface area contributed by atoms with Crippen LogP contribution in [0.4, 0.5) is 21.9 Å². The van der Waals surface area contributed by atoms with E-state index >= 15 is 0 Å². The summed E-state index contributed by atoms with van der Waals surface area (Å²) in [7, 11) is 4.31. The summed E-state index contributed by atoms with van der Waals surface area (Å²) in [6, 6.07) is 12.7. The van der Waals surface area contributed by atoms with Gasteiger partial charge >= 0.3 is 6.09 Å². The average Bonchev–Trinajstić information content (AvgIpc) is 3.02. The topological polar surface area (TPSA) is 130 Å². The molecule has 0 unspecified atom stereocenters. The van der Waals surface area contributed by atoms with Crippen molar-refractivity contribution in [3.63, 3.8) is 0 Å². The van der Waals surface area contributed by atoms with Gasteiger partial charge in [-0.15, -0.1) is 0 Å². The predicted octanol–water partition coefficient (Wildman–Crippen LogP) is 8.15. The molecular weight excluding hydrogens is 705 g/mol. The second-order valence-corrected chi connectivity index (χ2v) is 12.4. The van der Waals surface area contributed by atoms with Gasteiger partial charge < -0.3 is 18.9 Å². The van der Waals surface area contributed by atoms with Gasteiger partial charge in [0.2, 0.25) is 5.78 Å². The Labute approximate surface area is 282 Å². The number of halogens is 3. The fourth-order valence-corrected chi connectivity index (χ4v) is 6.24. The van der Waals surface area contributed by atoms with Crippen molar-refractivity contribution in [1.82, 2.24) is 0 Å². The number of carbonyl (C=O) groups is 2. The summed E-state index contributed by atoms with van der Waals surface area (Å²) in [5.41, 5.74) is 1.92. The van der Waals surface area contributed by atoms with Crippen LogP contribution >= 0.6 is 39.1 Å². The van der Waals surface area contributed by atoms with Crippen molar-refractivity contribution in [2.45, 2.75) is 25.9 Å². The zero-order chi connectivity index (χ0) is 33.5. The lowest BCUT2D eigenvalue weighted by Crippen LogP contribution is -2.33. The highest BCUT2D eigenvalue weighted by Crippen LogP contribution is 2.48. The van der Waals surface area contributed by atoms with Gasteiger partial charge in [0.1, 0.15) is 18.1 Å². The molecule has 1 amide bonds. The first-order valence-electron chi connectivity index (χ1n) is 13.6. The van der Waals surface area contributed by atoms with E-state index in [2.05, 4.69) is 20.9 Å². The predicted molar refractivity (Wildman–Crippen MR) is 177 cm³/mol. The molecule has 2 aliphatic rings. The van der Waals surface area contributed by atoms with Crippen molar-refractivity contribution in [2.75, 3.05) is 26.2 Å². The second-order valence-electron chi connectivity index (χ2n) is 10.7. The standard InChI is InChI=1S/C32H26BrCl2N3O8/c1-32(2)19-12-18(7-8-21(19)36-22-13-20(34)30(39)29(35)28(22)32)46-31(40)37(3)24-11-17(33)6-9-25(24)45-15-16-10-26(43-4)27(44-5)14-23(16)38(41)42/h6-14H,15H2,1-5H3. The first-order valence-corrected chi connectivity index (χ1v) is 15.1. The molecule has 0 N–H and O–H groups in total. The van der Waals surface area contributed by atoms with Crippen LogP contribution in [0.2, 0.25) is 0 Å². The Hall–Kier alpha value is -4.39. The number of methoxy groups -OCH3 is 2. The summed E-state index contributed by atoms with van der Waals surface area (Å²) in [6.07, 6.45) is 0.761. The van der Waals surface area contributed by atoms with Gasteiger partial charge in [0, 0.05) is 22.5 Å². The van der Waals surface area contributed by atoms with Gasteiger partial charge in [-0.1, -0.05) is 53.0 Å². The molecule has 3 aromatic rings. The van der Waals surface area contributed by atoms with Crippen molar-refractivity contribution >= 4 is 73.8 Å². The van der Waals surface area contributed by atoms with Crippen molar-refractivity contribution in [3.05, 3.63) is 96.0 Å². The van der Waals surface area contributed by atoms with E-state index in [1.165, 1.54) is 44.4 Å². The van der Waals surface area contributed by atoms with Crippen molar-refractivity contribution in [1.29, 1.82) is 0 Å². The summed E-state index contributed by atoms with van der Waals surface area (Å²) in [6.45, 7) is 3.58. The van der Waals surface area contributed by atoms with Crippen LogP contribution in [0.5, 0.6) is 23.0 Å². The molecule has 0 radical (unpaired) electrons. The highest BCUT2D eigenvalue weighted by atomic mass is 79.9. The molecular formula is C32H26BrCl2N3O8. The van der Waals surface area contributed by atoms with Gasteiger partial charge in [0.05, 0.1) is 57.9 Å². The van der Waals surface area contributed by atoms with E-state index in [1.807, 2.05) is 13.8 Å². The molecule has 0 spiro atoms. The van der Waals surface area contributed by atoms with E-state index in [1.54, 1.807) is 36.4 Å². The normalized spacial score (nSPS) is 14.8. The molecule has 1 aliphatic carbocycles. The number of hydrogen-bond donors (Lipinski definition) is 0. The quantitative estimate of drug-likeness (QED) is 0.129. The van der Waals surface area contributed by atoms with Crippen LogP contribution in [0.15, 0.2) is 79.7 Å². The maximum atomic E-state index is 13.4. The van der Waals surface area contributed by atoms with Gasteiger partial charge in [-0.2, -0.15) is 0 Å². The minimum Gasteiger partial charge on any atom is -0.493 e. The number of allylic oxidation sites excluding steroid dienone is 4. The zero-order valence-corrected chi connectivity index (χ0v) is 28.2. The number of ketones is 1. The lowest BCUT2D eigenvalue weighted by Gasteiger charge is -2.36. The third-order valence-electron chi connectivity index (χ3n) is 7.59. The van der Waals surface area contributed by atoms with E-state index < -0.39 is 22.2 Å².